The van der Waals surface area contributed by atoms with Crippen molar-refractivity contribution in [2.75, 3.05) is 58.9 Å². The van der Waals surface area contributed by atoms with Gasteiger partial charge in [0.1, 0.15) is 5.75 Å². The fourth-order valence-corrected chi connectivity index (χ4v) is 3.66. The Kier molecular flexibility index (Phi) is 11.7. The second-order valence-electron chi connectivity index (χ2n) is 8.38. The summed E-state index contributed by atoms with van der Waals surface area (Å²) in [6.45, 7) is 17.4. The van der Waals surface area contributed by atoms with Crippen LogP contribution in [-0.4, -0.2) is 85.9 Å². The summed E-state index contributed by atoms with van der Waals surface area (Å²) in [5.41, 5.74) is 0.846. The van der Waals surface area contributed by atoms with Gasteiger partial charge in [0, 0.05) is 39.3 Å². The van der Waals surface area contributed by atoms with Crippen molar-refractivity contribution in [3.8, 4) is 5.75 Å². The standard InChI is InChI=1S/C24H43N5O2/c1-5-25-24(26-13-7-8-14-29-17-15-28(6-2)16-18-29)27-19-23(30)21-9-11-22(12-10-21)31-20(3)4/h9-12,20,23,30H,5-8,13-19H2,1-4H3,(H2,25,26,27). The summed E-state index contributed by atoms with van der Waals surface area (Å²) in [6, 6.07) is 7.60. The van der Waals surface area contributed by atoms with Crippen molar-refractivity contribution in [1.29, 1.82) is 0 Å². The van der Waals surface area contributed by atoms with Crippen molar-refractivity contribution in [3.05, 3.63) is 29.8 Å². The van der Waals surface area contributed by atoms with Gasteiger partial charge >= 0.3 is 0 Å². The number of nitrogens with one attached hydrogen (secondary N) is 2. The molecule has 1 heterocycles. The van der Waals surface area contributed by atoms with E-state index in [0.717, 1.165) is 43.3 Å². The number of aliphatic imine (C=N–C) groups is 1. The number of hydrogen-bond acceptors (Lipinski definition) is 5. The third-order valence-corrected chi connectivity index (χ3v) is 5.51. The number of aliphatic hydroxyl groups excluding tert-OH is 1. The number of rotatable bonds is 12. The molecule has 0 aromatic heterocycles. The Labute approximate surface area is 188 Å². The molecule has 1 fully saturated rings. The molecule has 1 aliphatic heterocycles. The fraction of sp³-hybridized carbons (Fsp3) is 0.708. The summed E-state index contributed by atoms with van der Waals surface area (Å²) < 4.78 is 5.66. The highest BCUT2D eigenvalue weighted by Crippen LogP contribution is 2.19. The number of likely N-dealkylation sites (N-methyl/N-ethyl adjacent to an activating group) is 1. The van der Waals surface area contributed by atoms with Crippen LogP contribution in [-0.2, 0) is 0 Å². The van der Waals surface area contributed by atoms with Gasteiger partial charge in [-0.25, -0.2) is 0 Å². The Morgan fingerprint density at radius 3 is 2.32 bits per heavy atom. The van der Waals surface area contributed by atoms with Crippen LogP contribution >= 0.6 is 0 Å². The summed E-state index contributed by atoms with van der Waals surface area (Å²) in [6.07, 6.45) is 1.80. The lowest BCUT2D eigenvalue weighted by Crippen LogP contribution is -2.46. The Morgan fingerprint density at radius 2 is 1.71 bits per heavy atom. The number of benzene rings is 1. The molecule has 1 atom stereocenters. The molecule has 2 rings (SSSR count). The third kappa shape index (κ3) is 9.89. The molecule has 1 aliphatic rings. The molecule has 0 spiro atoms. The number of unbranched alkanes of at least 4 members (excludes halogenated alkanes) is 1. The number of guanidine groups is 1. The average Bonchev–Trinajstić information content (AvgIpc) is 2.77. The van der Waals surface area contributed by atoms with E-state index < -0.39 is 6.10 Å². The first-order valence-corrected chi connectivity index (χ1v) is 11.9. The first-order valence-electron chi connectivity index (χ1n) is 11.9. The van der Waals surface area contributed by atoms with Crippen LogP contribution in [0.15, 0.2) is 29.3 Å². The summed E-state index contributed by atoms with van der Waals surface area (Å²) in [7, 11) is 0. The van der Waals surface area contributed by atoms with Gasteiger partial charge in [-0.3, -0.25) is 4.99 Å². The van der Waals surface area contributed by atoms with Gasteiger partial charge in [0.25, 0.3) is 0 Å². The SMILES string of the molecule is CCNC(=NCC(O)c1ccc(OC(C)C)cc1)NCCCCN1CCN(CC)CC1. The summed E-state index contributed by atoms with van der Waals surface area (Å²) in [4.78, 5) is 9.65. The minimum atomic E-state index is -0.634. The maximum absolute atomic E-state index is 10.5. The number of piperazine rings is 1. The van der Waals surface area contributed by atoms with Crippen molar-refractivity contribution < 1.29 is 9.84 Å². The zero-order valence-electron chi connectivity index (χ0n) is 19.9. The maximum Gasteiger partial charge on any atom is 0.191 e. The minimum Gasteiger partial charge on any atom is -0.491 e. The first kappa shape index (κ1) is 25.4. The highest BCUT2D eigenvalue weighted by molar-refractivity contribution is 5.79. The predicted octanol–water partition coefficient (Wildman–Crippen LogP) is 2.48. The molecule has 176 valence electrons. The zero-order chi connectivity index (χ0) is 22.5. The second kappa shape index (κ2) is 14.3. The van der Waals surface area contributed by atoms with E-state index in [1.54, 1.807) is 0 Å². The van der Waals surface area contributed by atoms with E-state index in [4.69, 9.17) is 4.74 Å². The van der Waals surface area contributed by atoms with Gasteiger partial charge < -0.3 is 30.3 Å². The van der Waals surface area contributed by atoms with Crippen molar-refractivity contribution in [2.24, 2.45) is 4.99 Å². The number of hydrogen-bond donors (Lipinski definition) is 3. The molecular formula is C24H43N5O2. The quantitative estimate of drug-likeness (QED) is 0.267. The molecular weight excluding hydrogens is 390 g/mol. The highest BCUT2D eigenvalue weighted by Gasteiger charge is 2.14. The summed E-state index contributed by atoms with van der Waals surface area (Å²) in [5, 5.41) is 17.1. The van der Waals surface area contributed by atoms with Crippen molar-refractivity contribution in [3.63, 3.8) is 0 Å². The van der Waals surface area contributed by atoms with Gasteiger partial charge in [-0.1, -0.05) is 19.1 Å². The highest BCUT2D eigenvalue weighted by atomic mass is 16.5. The summed E-state index contributed by atoms with van der Waals surface area (Å²) in [5.74, 6) is 1.58. The van der Waals surface area contributed by atoms with Crippen LogP contribution in [0.1, 0.15) is 52.2 Å². The Balaban J connectivity index is 1.69. The first-order chi connectivity index (χ1) is 15.0. The van der Waals surface area contributed by atoms with Crippen LogP contribution in [0.2, 0.25) is 0 Å². The smallest absolute Gasteiger partial charge is 0.191 e. The molecule has 1 saturated heterocycles. The van der Waals surface area contributed by atoms with Gasteiger partial charge in [0.05, 0.1) is 18.8 Å². The Morgan fingerprint density at radius 1 is 1.03 bits per heavy atom. The topological polar surface area (TPSA) is 72.4 Å². The van der Waals surface area contributed by atoms with Gasteiger partial charge in [-0.15, -0.1) is 0 Å². The van der Waals surface area contributed by atoms with Crippen molar-refractivity contribution in [1.82, 2.24) is 20.4 Å². The van der Waals surface area contributed by atoms with Gasteiger partial charge in [0.2, 0.25) is 0 Å². The molecule has 0 radical (unpaired) electrons. The maximum atomic E-state index is 10.5. The Bertz CT molecular complexity index is 627. The monoisotopic (exact) mass is 433 g/mol. The lowest BCUT2D eigenvalue weighted by Gasteiger charge is -2.34. The van der Waals surface area contributed by atoms with E-state index in [9.17, 15) is 5.11 Å². The molecule has 0 bridgehead atoms. The van der Waals surface area contributed by atoms with E-state index >= 15 is 0 Å². The molecule has 3 N–H and O–H groups in total. The molecule has 7 nitrogen and oxygen atoms in total. The molecule has 1 aromatic carbocycles. The van der Waals surface area contributed by atoms with Crippen LogP contribution in [0.5, 0.6) is 5.75 Å². The predicted molar refractivity (Wildman–Crippen MR) is 129 cm³/mol. The zero-order valence-corrected chi connectivity index (χ0v) is 19.9. The van der Waals surface area contributed by atoms with Crippen LogP contribution in [0.25, 0.3) is 0 Å². The van der Waals surface area contributed by atoms with Crippen LogP contribution in [0.4, 0.5) is 0 Å². The van der Waals surface area contributed by atoms with Crippen molar-refractivity contribution >= 4 is 5.96 Å². The van der Waals surface area contributed by atoms with Crippen molar-refractivity contribution in [2.45, 2.75) is 52.7 Å². The third-order valence-electron chi connectivity index (χ3n) is 5.51. The number of aliphatic hydroxyl groups is 1. The van der Waals surface area contributed by atoms with E-state index in [1.165, 1.54) is 39.1 Å². The van der Waals surface area contributed by atoms with Crippen LogP contribution < -0.4 is 15.4 Å². The lowest BCUT2D eigenvalue weighted by atomic mass is 10.1. The molecule has 7 heteroatoms. The molecule has 0 aliphatic carbocycles. The largest absolute Gasteiger partial charge is 0.491 e. The van der Waals surface area contributed by atoms with E-state index in [1.807, 2.05) is 38.1 Å². The molecule has 1 unspecified atom stereocenters. The molecule has 1 aromatic rings. The minimum absolute atomic E-state index is 0.139. The van der Waals surface area contributed by atoms with Crippen LogP contribution in [0, 0.1) is 0 Å². The normalized spacial score (nSPS) is 17.0. The average molecular weight is 434 g/mol. The molecule has 0 saturated carbocycles. The number of nitrogens with zero attached hydrogens (tertiary/aromatic N) is 3. The fourth-order valence-electron chi connectivity index (χ4n) is 3.66. The Hall–Kier alpha value is -1.83. The van der Waals surface area contributed by atoms with Gasteiger partial charge in [-0.2, -0.15) is 0 Å². The molecule has 31 heavy (non-hydrogen) atoms. The van der Waals surface area contributed by atoms with E-state index in [-0.39, 0.29) is 6.10 Å². The van der Waals surface area contributed by atoms with Gasteiger partial charge in [-0.05, 0) is 64.4 Å². The number of ether oxygens (including phenoxy) is 1. The molecule has 0 amide bonds. The lowest BCUT2D eigenvalue weighted by molar-refractivity contribution is 0.136. The second-order valence-corrected chi connectivity index (χ2v) is 8.38. The van der Waals surface area contributed by atoms with Crippen LogP contribution in [0.3, 0.4) is 0 Å². The van der Waals surface area contributed by atoms with E-state index in [2.05, 4.69) is 39.3 Å². The van der Waals surface area contributed by atoms with Gasteiger partial charge in [0.15, 0.2) is 5.96 Å². The van der Waals surface area contributed by atoms with E-state index in [0.29, 0.717) is 6.54 Å². The summed E-state index contributed by atoms with van der Waals surface area (Å²) >= 11 is 0.